The van der Waals surface area contributed by atoms with Crippen LogP contribution < -0.4 is 4.74 Å². The molecule has 5 nitrogen and oxygen atoms in total. The van der Waals surface area contributed by atoms with Gasteiger partial charge in [-0.25, -0.2) is 4.98 Å². The van der Waals surface area contributed by atoms with E-state index in [9.17, 15) is 0 Å². The van der Waals surface area contributed by atoms with Gasteiger partial charge in [-0.15, -0.1) is 0 Å². The summed E-state index contributed by atoms with van der Waals surface area (Å²) >= 11 is 6.21. The fraction of sp³-hybridized carbons (Fsp3) is 0.300. The van der Waals surface area contributed by atoms with Gasteiger partial charge in [0.15, 0.2) is 11.6 Å². The van der Waals surface area contributed by atoms with E-state index in [1.54, 1.807) is 7.11 Å². The van der Waals surface area contributed by atoms with E-state index in [1.165, 1.54) is 31.5 Å². The van der Waals surface area contributed by atoms with Crippen LogP contribution in [0.2, 0.25) is 5.02 Å². The summed E-state index contributed by atoms with van der Waals surface area (Å²) in [5.41, 5.74) is 3.19. The van der Waals surface area contributed by atoms with Gasteiger partial charge < -0.3 is 4.74 Å². The zero-order valence-electron chi connectivity index (χ0n) is 14.7. The molecular formula is C20H21ClN4O. The molecule has 3 aromatic rings. The maximum Gasteiger partial charge on any atom is 0.181 e. The molecule has 2 heterocycles. The number of hydrogen-bond donors (Lipinski definition) is 1. The number of nitrogens with one attached hydrogen (secondary N) is 1. The second-order valence-electron chi connectivity index (χ2n) is 6.54. The molecule has 0 amide bonds. The van der Waals surface area contributed by atoms with Crippen molar-refractivity contribution in [1.82, 2.24) is 20.1 Å². The summed E-state index contributed by atoms with van der Waals surface area (Å²) in [7, 11) is 1.60. The fourth-order valence-corrected chi connectivity index (χ4v) is 3.60. The molecule has 1 aliphatic rings. The third-order valence-corrected chi connectivity index (χ3v) is 5.00. The van der Waals surface area contributed by atoms with E-state index < -0.39 is 0 Å². The van der Waals surface area contributed by atoms with Gasteiger partial charge in [-0.2, -0.15) is 5.10 Å². The van der Waals surface area contributed by atoms with Gasteiger partial charge in [0.2, 0.25) is 0 Å². The zero-order chi connectivity index (χ0) is 17.9. The van der Waals surface area contributed by atoms with Gasteiger partial charge in [-0.3, -0.25) is 10.00 Å². The number of likely N-dealkylation sites (tertiary alicyclic amines) is 1. The van der Waals surface area contributed by atoms with Crippen LogP contribution >= 0.6 is 11.6 Å². The summed E-state index contributed by atoms with van der Waals surface area (Å²) in [6.45, 7) is 3.36. The molecule has 0 atom stereocenters. The van der Waals surface area contributed by atoms with Crippen LogP contribution in [0.3, 0.4) is 0 Å². The lowest BCUT2D eigenvalue weighted by molar-refractivity contribution is 0.331. The number of nitrogens with zero attached hydrogens (tertiary/aromatic N) is 3. The highest BCUT2D eigenvalue weighted by Gasteiger charge is 2.13. The Balaban J connectivity index is 1.56. The summed E-state index contributed by atoms with van der Waals surface area (Å²) < 4.78 is 5.20. The Labute approximate surface area is 158 Å². The summed E-state index contributed by atoms with van der Waals surface area (Å²) in [5, 5.41) is 7.94. The number of halogens is 1. The minimum atomic E-state index is 0.551. The second kappa shape index (κ2) is 7.48. The lowest BCUT2D eigenvalue weighted by Gasteiger charge is -2.14. The largest absolute Gasteiger partial charge is 0.495 e. The Morgan fingerprint density at radius 1 is 1.12 bits per heavy atom. The molecule has 6 heteroatoms. The summed E-state index contributed by atoms with van der Waals surface area (Å²) in [6, 6.07) is 14.0. The maximum atomic E-state index is 6.21. The molecule has 0 unspecified atom stereocenters. The number of aromatic amines is 1. The molecule has 2 aromatic carbocycles. The molecule has 1 fully saturated rings. The smallest absolute Gasteiger partial charge is 0.181 e. The molecule has 0 aliphatic carbocycles. The quantitative estimate of drug-likeness (QED) is 0.725. The molecule has 26 heavy (non-hydrogen) atoms. The first-order valence-corrected chi connectivity index (χ1v) is 9.19. The highest BCUT2D eigenvalue weighted by Crippen LogP contribution is 2.29. The van der Waals surface area contributed by atoms with Gasteiger partial charge in [0.1, 0.15) is 5.75 Å². The van der Waals surface area contributed by atoms with Crippen LogP contribution in [-0.4, -0.2) is 40.3 Å². The van der Waals surface area contributed by atoms with E-state index in [0.717, 1.165) is 17.7 Å². The van der Waals surface area contributed by atoms with Crippen molar-refractivity contribution in [1.29, 1.82) is 0 Å². The first-order chi connectivity index (χ1) is 12.7. The number of hydrogen-bond acceptors (Lipinski definition) is 4. The van der Waals surface area contributed by atoms with Gasteiger partial charge in [-0.05, 0) is 55.8 Å². The van der Waals surface area contributed by atoms with Gasteiger partial charge in [0, 0.05) is 17.7 Å². The van der Waals surface area contributed by atoms with Crippen molar-refractivity contribution < 1.29 is 4.74 Å². The highest BCUT2D eigenvalue weighted by atomic mass is 35.5. The molecule has 1 N–H and O–H groups in total. The minimum Gasteiger partial charge on any atom is -0.495 e. The van der Waals surface area contributed by atoms with Crippen molar-refractivity contribution in [3.05, 3.63) is 53.1 Å². The lowest BCUT2D eigenvalue weighted by Crippen LogP contribution is -2.18. The number of ether oxygens (including phenoxy) is 1. The fourth-order valence-electron chi connectivity index (χ4n) is 3.34. The summed E-state index contributed by atoms with van der Waals surface area (Å²) in [6.07, 6.45) is 2.60. The van der Waals surface area contributed by atoms with Crippen LogP contribution in [-0.2, 0) is 6.54 Å². The van der Waals surface area contributed by atoms with Crippen LogP contribution in [0.5, 0.6) is 5.75 Å². The van der Waals surface area contributed by atoms with Crippen LogP contribution in [0.4, 0.5) is 0 Å². The number of benzene rings is 2. The average Bonchev–Trinajstić information content (AvgIpc) is 3.34. The molecule has 1 aromatic heterocycles. The average molecular weight is 369 g/mol. The van der Waals surface area contributed by atoms with Crippen molar-refractivity contribution in [2.75, 3.05) is 20.2 Å². The van der Waals surface area contributed by atoms with E-state index >= 15 is 0 Å². The van der Waals surface area contributed by atoms with Crippen molar-refractivity contribution in [2.45, 2.75) is 19.4 Å². The monoisotopic (exact) mass is 368 g/mol. The Hall–Kier alpha value is -2.37. The van der Waals surface area contributed by atoms with E-state index in [4.69, 9.17) is 16.3 Å². The van der Waals surface area contributed by atoms with Crippen LogP contribution in [0.1, 0.15) is 18.4 Å². The van der Waals surface area contributed by atoms with Crippen LogP contribution in [0.25, 0.3) is 22.8 Å². The SMILES string of the molecule is COc1ccc(-c2nc(-c3cccc(CN4CCCC4)c3)n[nH]2)cc1Cl. The Morgan fingerprint density at radius 3 is 2.73 bits per heavy atom. The van der Waals surface area contributed by atoms with Gasteiger partial charge in [-0.1, -0.05) is 29.8 Å². The molecule has 0 bridgehead atoms. The minimum absolute atomic E-state index is 0.551. The lowest BCUT2D eigenvalue weighted by atomic mass is 10.1. The standard InChI is InChI=1S/C20H21ClN4O/c1-26-18-8-7-16(12-17(18)21)20-22-19(23-24-20)15-6-4-5-14(11-15)13-25-9-2-3-10-25/h4-8,11-12H,2-3,9-10,13H2,1H3,(H,22,23,24). The van der Waals surface area contributed by atoms with E-state index in [-0.39, 0.29) is 0 Å². The highest BCUT2D eigenvalue weighted by molar-refractivity contribution is 6.32. The Kier molecular flexibility index (Phi) is 4.91. The molecular weight excluding hydrogens is 348 g/mol. The molecule has 0 spiro atoms. The van der Waals surface area contributed by atoms with Crippen molar-refractivity contribution >= 4 is 11.6 Å². The number of aromatic nitrogens is 3. The van der Waals surface area contributed by atoms with E-state index in [0.29, 0.717) is 22.4 Å². The van der Waals surface area contributed by atoms with Crippen molar-refractivity contribution in [3.63, 3.8) is 0 Å². The van der Waals surface area contributed by atoms with E-state index in [1.807, 2.05) is 24.3 Å². The molecule has 134 valence electrons. The number of rotatable bonds is 5. The zero-order valence-corrected chi connectivity index (χ0v) is 15.5. The topological polar surface area (TPSA) is 54.0 Å². The van der Waals surface area contributed by atoms with Gasteiger partial charge in [0.25, 0.3) is 0 Å². The molecule has 0 saturated carbocycles. The predicted octanol–water partition coefficient (Wildman–Crippen LogP) is 4.40. The molecule has 4 rings (SSSR count). The third-order valence-electron chi connectivity index (χ3n) is 4.70. The molecule has 1 aliphatic heterocycles. The van der Waals surface area contributed by atoms with Crippen molar-refractivity contribution in [3.8, 4) is 28.5 Å². The Bertz CT molecular complexity index is 902. The molecule has 0 radical (unpaired) electrons. The van der Waals surface area contributed by atoms with Crippen LogP contribution in [0, 0.1) is 0 Å². The maximum absolute atomic E-state index is 6.21. The van der Waals surface area contributed by atoms with Crippen molar-refractivity contribution in [2.24, 2.45) is 0 Å². The number of H-pyrrole nitrogens is 1. The normalized spacial score (nSPS) is 14.7. The summed E-state index contributed by atoms with van der Waals surface area (Å²) in [5.74, 6) is 2.02. The third kappa shape index (κ3) is 3.59. The Morgan fingerprint density at radius 2 is 1.96 bits per heavy atom. The molecule has 1 saturated heterocycles. The second-order valence-corrected chi connectivity index (χ2v) is 6.95. The first-order valence-electron chi connectivity index (χ1n) is 8.81. The van der Waals surface area contributed by atoms with Gasteiger partial charge in [0.05, 0.1) is 12.1 Å². The number of methoxy groups -OCH3 is 1. The van der Waals surface area contributed by atoms with E-state index in [2.05, 4.69) is 38.3 Å². The summed E-state index contributed by atoms with van der Waals surface area (Å²) in [4.78, 5) is 7.13. The predicted molar refractivity (Wildman–Crippen MR) is 103 cm³/mol. The van der Waals surface area contributed by atoms with Gasteiger partial charge >= 0.3 is 0 Å². The first kappa shape index (κ1) is 17.1. The van der Waals surface area contributed by atoms with Crippen LogP contribution in [0.15, 0.2) is 42.5 Å².